The maximum absolute atomic E-state index is 12.8. The van der Waals surface area contributed by atoms with Crippen molar-refractivity contribution in [3.05, 3.63) is 60.8 Å². The van der Waals surface area contributed by atoms with Crippen molar-refractivity contribution >= 4 is 17.9 Å². The van der Waals surface area contributed by atoms with E-state index < -0.39 is 6.10 Å². The van der Waals surface area contributed by atoms with Crippen molar-refractivity contribution < 1.29 is 28.6 Å². The van der Waals surface area contributed by atoms with Gasteiger partial charge in [0.15, 0.2) is 6.10 Å². The Balaban J connectivity index is 4.43. The largest absolute Gasteiger partial charge is 0.462 e. The first-order valence-electron chi connectivity index (χ1n) is 26.3. The second-order valence-corrected chi connectivity index (χ2v) is 17.4. The van der Waals surface area contributed by atoms with Crippen LogP contribution >= 0.6 is 0 Å². The average molecular weight is 867 g/mol. The van der Waals surface area contributed by atoms with Crippen LogP contribution in [0.3, 0.4) is 0 Å². The van der Waals surface area contributed by atoms with Crippen LogP contribution in [0, 0.1) is 0 Å². The summed E-state index contributed by atoms with van der Waals surface area (Å²) in [5.41, 5.74) is 0. The molecule has 62 heavy (non-hydrogen) atoms. The fraction of sp³-hybridized carbons (Fsp3) is 0.768. The summed E-state index contributed by atoms with van der Waals surface area (Å²) in [4.78, 5) is 38.0. The third-order valence-corrected chi connectivity index (χ3v) is 11.2. The van der Waals surface area contributed by atoms with E-state index in [1.54, 1.807) is 0 Å². The molecule has 1 atom stereocenters. The van der Waals surface area contributed by atoms with E-state index in [0.29, 0.717) is 19.3 Å². The van der Waals surface area contributed by atoms with Crippen molar-refractivity contribution in [1.29, 1.82) is 0 Å². The van der Waals surface area contributed by atoms with Crippen LogP contribution in [-0.4, -0.2) is 37.2 Å². The first-order valence-corrected chi connectivity index (χ1v) is 26.3. The third kappa shape index (κ3) is 48.1. The lowest BCUT2D eigenvalue weighted by Crippen LogP contribution is -2.30. The van der Waals surface area contributed by atoms with Crippen LogP contribution in [0.4, 0.5) is 0 Å². The highest BCUT2D eigenvalue weighted by atomic mass is 16.6. The third-order valence-electron chi connectivity index (χ3n) is 11.2. The Morgan fingerprint density at radius 2 is 0.597 bits per heavy atom. The van der Waals surface area contributed by atoms with Gasteiger partial charge in [-0.3, -0.25) is 14.4 Å². The molecular formula is C56H98O6. The summed E-state index contributed by atoms with van der Waals surface area (Å²) in [6, 6.07) is 0. The molecular weight excluding hydrogens is 769 g/mol. The predicted octanol–water partition coefficient (Wildman–Crippen LogP) is 17.3. The molecule has 0 radical (unpaired) electrons. The molecule has 0 spiro atoms. The number of rotatable bonds is 47. The molecule has 0 N–H and O–H groups in total. The van der Waals surface area contributed by atoms with Gasteiger partial charge in [0.05, 0.1) is 0 Å². The number of ether oxygens (including phenoxy) is 3. The monoisotopic (exact) mass is 867 g/mol. The van der Waals surface area contributed by atoms with Crippen LogP contribution in [0.2, 0.25) is 0 Å². The molecule has 0 aliphatic heterocycles. The van der Waals surface area contributed by atoms with Crippen molar-refractivity contribution in [2.75, 3.05) is 13.2 Å². The molecule has 0 aliphatic carbocycles. The molecule has 0 fully saturated rings. The van der Waals surface area contributed by atoms with Gasteiger partial charge < -0.3 is 14.2 Å². The van der Waals surface area contributed by atoms with E-state index in [1.165, 1.54) is 109 Å². The van der Waals surface area contributed by atoms with Gasteiger partial charge in [0.1, 0.15) is 13.2 Å². The minimum absolute atomic E-state index is 0.0887. The fourth-order valence-electron chi connectivity index (χ4n) is 7.19. The SMILES string of the molecule is CCCC/C=C\C/C=C\CCCCCCCC(=O)OC(COC(=O)CCCCCCC/C=C\C/C=C\CCCCCC)COC(=O)CCCCCCC/C=C\CCCCCCC. The van der Waals surface area contributed by atoms with Crippen molar-refractivity contribution in [3.8, 4) is 0 Å². The topological polar surface area (TPSA) is 78.9 Å². The molecule has 6 nitrogen and oxygen atoms in total. The second kappa shape index (κ2) is 50.8. The number of esters is 3. The molecule has 0 aliphatic rings. The number of carbonyl (C=O) groups excluding carboxylic acids is 3. The molecule has 0 saturated heterocycles. The highest BCUT2D eigenvalue weighted by Gasteiger charge is 2.19. The van der Waals surface area contributed by atoms with Crippen LogP contribution < -0.4 is 0 Å². The second-order valence-electron chi connectivity index (χ2n) is 17.4. The van der Waals surface area contributed by atoms with Gasteiger partial charge in [0, 0.05) is 19.3 Å². The summed E-state index contributed by atoms with van der Waals surface area (Å²) in [5, 5.41) is 0. The van der Waals surface area contributed by atoms with Crippen LogP contribution in [0.15, 0.2) is 60.8 Å². The van der Waals surface area contributed by atoms with E-state index in [4.69, 9.17) is 14.2 Å². The van der Waals surface area contributed by atoms with E-state index in [-0.39, 0.29) is 31.1 Å². The summed E-state index contributed by atoms with van der Waals surface area (Å²) in [7, 11) is 0. The van der Waals surface area contributed by atoms with Crippen LogP contribution in [0.5, 0.6) is 0 Å². The maximum Gasteiger partial charge on any atom is 0.306 e. The number of carbonyl (C=O) groups is 3. The van der Waals surface area contributed by atoms with Crippen molar-refractivity contribution in [1.82, 2.24) is 0 Å². The summed E-state index contributed by atoms with van der Waals surface area (Å²) in [6.07, 6.45) is 61.9. The maximum atomic E-state index is 12.8. The molecule has 1 unspecified atom stereocenters. The van der Waals surface area contributed by atoms with Gasteiger partial charge in [-0.25, -0.2) is 0 Å². The number of allylic oxidation sites excluding steroid dienone is 10. The zero-order chi connectivity index (χ0) is 45.1. The van der Waals surface area contributed by atoms with Crippen molar-refractivity contribution in [2.24, 2.45) is 0 Å². The smallest absolute Gasteiger partial charge is 0.306 e. The zero-order valence-corrected chi connectivity index (χ0v) is 40.9. The molecule has 0 amide bonds. The average Bonchev–Trinajstić information content (AvgIpc) is 3.27. The zero-order valence-electron chi connectivity index (χ0n) is 40.9. The Labute approximate surface area is 383 Å². The Morgan fingerprint density at radius 1 is 0.323 bits per heavy atom. The molecule has 0 aromatic rings. The minimum atomic E-state index is -0.789. The molecule has 0 bridgehead atoms. The van der Waals surface area contributed by atoms with E-state index in [2.05, 4.69) is 81.5 Å². The summed E-state index contributed by atoms with van der Waals surface area (Å²) in [6.45, 7) is 6.55. The number of hydrogen-bond acceptors (Lipinski definition) is 6. The molecule has 0 rings (SSSR count). The standard InChI is InChI=1S/C56H98O6/c1-4-7-10-13-16-19-22-25-28-29-32-34-37-40-43-46-49-55(58)61-52-53(62-56(59)50-47-44-41-38-35-31-27-24-21-18-15-12-9-6-3)51-60-54(57)48-45-42-39-36-33-30-26-23-20-17-14-11-8-5-2/h15,18-19,22-24,26-29,53H,4-14,16-17,20-21,25,30-52H2,1-3H3/b18-15-,22-19-,26-23-,27-24-,29-28-. The van der Waals surface area contributed by atoms with Gasteiger partial charge in [0.25, 0.3) is 0 Å². The Kier molecular flexibility index (Phi) is 48.4. The van der Waals surface area contributed by atoms with Gasteiger partial charge in [-0.15, -0.1) is 0 Å². The summed E-state index contributed by atoms with van der Waals surface area (Å²) < 4.78 is 16.8. The van der Waals surface area contributed by atoms with Crippen molar-refractivity contribution in [3.63, 3.8) is 0 Å². The van der Waals surface area contributed by atoms with Gasteiger partial charge in [-0.05, 0) is 103 Å². The van der Waals surface area contributed by atoms with Crippen LogP contribution in [-0.2, 0) is 28.6 Å². The molecule has 358 valence electrons. The first-order chi connectivity index (χ1) is 30.5. The fourth-order valence-corrected chi connectivity index (χ4v) is 7.19. The molecule has 0 saturated carbocycles. The summed E-state index contributed by atoms with van der Waals surface area (Å²) >= 11 is 0. The Bertz CT molecular complexity index is 1130. The quantitative estimate of drug-likeness (QED) is 0.0262. The lowest BCUT2D eigenvalue weighted by atomic mass is 10.1. The molecule has 0 aromatic heterocycles. The lowest BCUT2D eigenvalue weighted by molar-refractivity contribution is -0.167. The van der Waals surface area contributed by atoms with E-state index in [9.17, 15) is 14.4 Å². The number of unbranched alkanes of at least 4 members (excludes halogenated alkanes) is 26. The summed E-state index contributed by atoms with van der Waals surface area (Å²) in [5.74, 6) is -0.920. The van der Waals surface area contributed by atoms with E-state index in [0.717, 1.165) is 109 Å². The van der Waals surface area contributed by atoms with Gasteiger partial charge >= 0.3 is 17.9 Å². The number of hydrogen-bond donors (Lipinski definition) is 0. The Morgan fingerprint density at radius 3 is 0.968 bits per heavy atom. The molecule has 6 heteroatoms. The van der Waals surface area contributed by atoms with Gasteiger partial charge in [0.2, 0.25) is 0 Å². The van der Waals surface area contributed by atoms with E-state index in [1.807, 2.05) is 0 Å². The molecule has 0 heterocycles. The normalized spacial score (nSPS) is 12.5. The van der Waals surface area contributed by atoms with E-state index >= 15 is 0 Å². The van der Waals surface area contributed by atoms with Crippen LogP contribution in [0.25, 0.3) is 0 Å². The van der Waals surface area contributed by atoms with Crippen LogP contribution in [0.1, 0.15) is 258 Å². The highest BCUT2D eigenvalue weighted by Crippen LogP contribution is 2.14. The predicted molar refractivity (Wildman–Crippen MR) is 265 cm³/mol. The van der Waals surface area contributed by atoms with Gasteiger partial charge in [-0.2, -0.15) is 0 Å². The van der Waals surface area contributed by atoms with Gasteiger partial charge in [-0.1, -0.05) is 197 Å². The highest BCUT2D eigenvalue weighted by molar-refractivity contribution is 5.71. The molecule has 0 aromatic carbocycles. The van der Waals surface area contributed by atoms with Crippen molar-refractivity contribution in [2.45, 2.75) is 264 Å². The first kappa shape index (κ1) is 59.1. The Hall–Kier alpha value is -2.89. The lowest BCUT2D eigenvalue weighted by Gasteiger charge is -2.18. The minimum Gasteiger partial charge on any atom is -0.462 e.